The fourth-order valence-corrected chi connectivity index (χ4v) is 3.22. The van der Waals surface area contributed by atoms with E-state index in [1.807, 2.05) is 30.0 Å². The zero-order valence-electron chi connectivity index (χ0n) is 13.7. The molecule has 0 aromatic heterocycles. The van der Waals surface area contributed by atoms with Gasteiger partial charge in [-0.2, -0.15) is 0 Å². The van der Waals surface area contributed by atoms with Crippen LogP contribution in [0.3, 0.4) is 0 Å². The Labute approximate surface area is 143 Å². The molecule has 2 atom stereocenters. The average Bonchev–Trinajstić information content (AvgIpc) is 2.99. The molecule has 1 N–H and O–H groups in total. The van der Waals surface area contributed by atoms with Gasteiger partial charge in [0.25, 0.3) is 0 Å². The van der Waals surface area contributed by atoms with Crippen molar-refractivity contribution in [3.05, 3.63) is 23.8 Å². The van der Waals surface area contributed by atoms with Crippen molar-refractivity contribution in [2.24, 2.45) is 5.92 Å². The van der Waals surface area contributed by atoms with Gasteiger partial charge in [-0.3, -0.25) is 4.79 Å². The first kappa shape index (κ1) is 17.9. The van der Waals surface area contributed by atoms with Gasteiger partial charge in [0.2, 0.25) is 12.7 Å². The molecule has 2 aliphatic heterocycles. The van der Waals surface area contributed by atoms with Gasteiger partial charge in [0.15, 0.2) is 11.5 Å². The van der Waals surface area contributed by atoms with E-state index in [1.165, 1.54) is 0 Å². The van der Waals surface area contributed by atoms with E-state index >= 15 is 0 Å². The summed E-state index contributed by atoms with van der Waals surface area (Å²) in [6.45, 7) is 6.75. The van der Waals surface area contributed by atoms with E-state index in [9.17, 15) is 4.79 Å². The lowest BCUT2D eigenvalue weighted by Crippen LogP contribution is -2.43. The largest absolute Gasteiger partial charge is 0.454 e. The predicted molar refractivity (Wildman–Crippen MR) is 91.1 cm³/mol. The number of benzene rings is 1. The maximum Gasteiger partial charge on any atom is 0.231 e. The molecule has 128 valence electrons. The van der Waals surface area contributed by atoms with Gasteiger partial charge in [0, 0.05) is 25.0 Å². The Bertz CT molecular complexity index is 553. The lowest BCUT2D eigenvalue weighted by Gasteiger charge is -2.31. The number of carbonyl (C=O) groups is 1. The monoisotopic (exact) mass is 340 g/mol. The van der Waals surface area contributed by atoms with Crippen LogP contribution in [0.5, 0.6) is 11.5 Å². The number of nitrogens with zero attached hydrogens (tertiary/aromatic N) is 1. The van der Waals surface area contributed by atoms with E-state index in [0.29, 0.717) is 12.6 Å². The van der Waals surface area contributed by atoms with Crippen molar-refractivity contribution in [2.45, 2.75) is 39.3 Å². The smallest absolute Gasteiger partial charge is 0.231 e. The van der Waals surface area contributed by atoms with Gasteiger partial charge >= 0.3 is 0 Å². The summed E-state index contributed by atoms with van der Waals surface area (Å²) in [6, 6.07) is 6.33. The number of hydrogen-bond acceptors (Lipinski definition) is 4. The number of fused-ring (bicyclic) bond motifs is 1. The van der Waals surface area contributed by atoms with Crippen molar-refractivity contribution in [3.8, 4) is 11.5 Å². The number of ether oxygens (including phenoxy) is 2. The Morgan fingerprint density at radius 2 is 2.13 bits per heavy atom. The molecule has 1 amide bonds. The van der Waals surface area contributed by atoms with Gasteiger partial charge < -0.3 is 19.7 Å². The molecule has 0 unspecified atom stereocenters. The summed E-state index contributed by atoms with van der Waals surface area (Å²) >= 11 is 0. The molecule has 6 heteroatoms. The fraction of sp³-hybridized carbons (Fsp3) is 0.588. The zero-order valence-corrected chi connectivity index (χ0v) is 14.5. The Balaban J connectivity index is 0.00000192. The topological polar surface area (TPSA) is 50.8 Å². The van der Waals surface area contributed by atoms with Crippen LogP contribution in [0.25, 0.3) is 0 Å². The minimum absolute atomic E-state index is 0. The van der Waals surface area contributed by atoms with Gasteiger partial charge in [0.1, 0.15) is 0 Å². The van der Waals surface area contributed by atoms with E-state index in [4.69, 9.17) is 9.47 Å². The Morgan fingerprint density at radius 3 is 2.87 bits per heavy atom. The molecule has 3 rings (SSSR count). The van der Waals surface area contributed by atoms with Crippen LogP contribution in [0.4, 0.5) is 0 Å². The van der Waals surface area contributed by atoms with Gasteiger partial charge in [-0.15, -0.1) is 12.4 Å². The Morgan fingerprint density at radius 1 is 1.35 bits per heavy atom. The van der Waals surface area contributed by atoms with Crippen molar-refractivity contribution >= 4 is 18.3 Å². The van der Waals surface area contributed by atoms with Crippen LogP contribution >= 0.6 is 12.4 Å². The number of piperidine rings is 1. The maximum atomic E-state index is 12.8. The third-order valence-corrected chi connectivity index (χ3v) is 4.48. The minimum Gasteiger partial charge on any atom is -0.454 e. The molecule has 0 spiro atoms. The molecule has 1 aromatic rings. The number of halogens is 1. The third kappa shape index (κ3) is 4.09. The third-order valence-electron chi connectivity index (χ3n) is 4.48. The molecular weight excluding hydrogens is 316 g/mol. The summed E-state index contributed by atoms with van der Waals surface area (Å²) in [5.41, 5.74) is 1.08. The van der Waals surface area contributed by atoms with Crippen LogP contribution in [0.15, 0.2) is 18.2 Å². The average molecular weight is 341 g/mol. The van der Waals surface area contributed by atoms with Gasteiger partial charge in [-0.25, -0.2) is 0 Å². The molecule has 1 aromatic carbocycles. The SMILES string of the molecule is CCN(Cc1ccc2c(c1)OCO2)C(=O)[C@H]1CCN[C@@H](C)C1.Cl. The zero-order chi connectivity index (χ0) is 15.5. The van der Waals surface area contributed by atoms with Crippen LogP contribution in [-0.2, 0) is 11.3 Å². The summed E-state index contributed by atoms with van der Waals surface area (Å²) in [4.78, 5) is 14.7. The lowest BCUT2D eigenvalue weighted by atomic mass is 9.92. The first-order valence-corrected chi connectivity index (χ1v) is 8.08. The van der Waals surface area contributed by atoms with Crippen molar-refractivity contribution in [2.75, 3.05) is 19.9 Å². The second kappa shape index (κ2) is 7.88. The highest BCUT2D eigenvalue weighted by atomic mass is 35.5. The molecular formula is C17H25ClN2O3. The summed E-state index contributed by atoms with van der Waals surface area (Å²) in [5, 5.41) is 3.40. The summed E-state index contributed by atoms with van der Waals surface area (Å²) < 4.78 is 10.7. The number of amides is 1. The van der Waals surface area contributed by atoms with E-state index in [-0.39, 0.29) is 31.0 Å². The van der Waals surface area contributed by atoms with Crippen molar-refractivity contribution in [1.82, 2.24) is 10.2 Å². The number of nitrogens with one attached hydrogen (secondary N) is 1. The molecule has 0 aliphatic carbocycles. The predicted octanol–water partition coefficient (Wildman–Crippen LogP) is 2.57. The normalized spacial score (nSPS) is 22.3. The van der Waals surface area contributed by atoms with Gasteiger partial charge in [-0.1, -0.05) is 6.07 Å². The molecule has 2 heterocycles. The molecule has 2 aliphatic rings. The van der Waals surface area contributed by atoms with Crippen LogP contribution < -0.4 is 14.8 Å². The van der Waals surface area contributed by atoms with Crippen molar-refractivity contribution < 1.29 is 14.3 Å². The molecule has 0 bridgehead atoms. The molecule has 5 nitrogen and oxygen atoms in total. The molecule has 23 heavy (non-hydrogen) atoms. The molecule has 1 fully saturated rings. The Hall–Kier alpha value is -1.46. The quantitative estimate of drug-likeness (QED) is 0.915. The highest BCUT2D eigenvalue weighted by molar-refractivity contribution is 5.85. The summed E-state index contributed by atoms with van der Waals surface area (Å²) in [5.74, 6) is 1.97. The standard InChI is InChI=1S/C17H24N2O3.ClH/c1-3-19(17(20)14-6-7-18-12(2)8-14)10-13-4-5-15-16(9-13)22-11-21-15;/h4-5,9,12,14,18H,3,6-8,10-11H2,1-2H3;1H/t12-,14-;/m0./s1. The van der Waals surface area contributed by atoms with E-state index in [0.717, 1.165) is 43.0 Å². The molecule has 0 saturated carbocycles. The first-order valence-electron chi connectivity index (χ1n) is 8.08. The number of carbonyl (C=O) groups excluding carboxylic acids is 1. The fourth-order valence-electron chi connectivity index (χ4n) is 3.22. The minimum atomic E-state index is 0. The maximum absolute atomic E-state index is 12.8. The number of hydrogen-bond donors (Lipinski definition) is 1. The summed E-state index contributed by atoms with van der Waals surface area (Å²) in [7, 11) is 0. The second-order valence-electron chi connectivity index (χ2n) is 6.12. The van der Waals surface area contributed by atoms with E-state index in [2.05, 4.69) is 12.2 Å². The Kier molecular flexibility index (Phi) is 6.13. The van der Waals surface area contributed by atoms with Gasteiger partial charge in [0.05, 0.1) is 0 Å². The molecule has 0 radical (unpaired) electrons. The molecule has 1 saturated heterocycles. The van der Waals surface area contributed by atoms with Crippen LogP contribution in [0.2, 0.25) is 0 Å². The lowest BCUT2D eigenvalue weighted by molar-refractivity contribution is -0.137. The van der Waals surface area contributed by atoms with E-state index in [1.54, 1.807) is 0 Å². The van der Waals surface area contributed by atoms with Crippen LogP contribution in [-0.4, -0.2) is 36.7 Å². The highest BCUT2D eigenvalue weighted by Crippen LogP contribution is 2.33. The second-order valence-corrected chi connectivity index (χ2v) is 6.12. The van der Waals surface area contributed by atoms with Crippen molar-refractivity contribution in [3.63, 3.8) is 0 Å². The first-order chi connectivity index (χ1) is 10.7. The highest BCUT2D eigenvalue weighted by Gasteiger charge is 2.28. The summed E-state index contributed by atoms with van der Waals surface area (Å²) in [6.07, 6.45) is 1.86. The van der Waals surface area contributed by atoms with Crippen LogP contribution in [0, 0.1) is 5.92 Å². The van der Waals surface area contributed by atoms with Crippen LogP contribution in [0.1, 0.15) is 32.3 Å². The van der Waals surface area contributed by atoms with E-state index < -0.39 is 0 Å². The van der Waals surface area contributed by atoms with Gasteiger partial charge in [-0.05, 0) is 50.9 Å². The van der Waals surface area contributed by atoms with Crippen molar-refractivity contribution in [1.29, 1.82) is 0 Å². The number of rotatable bonds is 4.